The van der Waals surface area contributed by atoms with Crippen molar-refractivity contribution in [2.75, 3.05) is 5.32 Å². The average molecular weight is 342 g/mol. The van der Waals surface area contributed by atoms with Crippen LogP contribution < -0.4 is 5.32 Å². The Bertz CT molecular complexity index is 800. The molecule has 0 bridgehead atoms. The third-order valence-corrected chi connectivity index (χ3v) is 5.70. The molecule has 0 aliphatic carbocycles. The first-order chi connectivity index (χ1) is 11.2. The molecule has 0 saturated heterocycles. The van der Waals surface area contributed by atoms with Gasteiger partial charge in [-0.05, 0) is 36.8 Å². The first kappa shape index (κ1) is 15.9. The summed E-state index contributed by atoms with van der Waals surface area (Å²) in [5.74, 6) is 0.524. The van der Waals surface area contributed by atoms with Gasteiger partial charge in [-0.25, -0.2) is 4.98 Å². The lowest BCUT2D eigenvalue weighted by Crippen LogP contribution is -2.01. The molecule has 0 unspecified atom stereocenters. The number of nitrogens with zero attached hydrogens (tertiary/aromatic N) is 1. The van der Waals surface area contributed by atoms with E-state index in [1.807, 2.05) is 55.5 Å². The molecule has 23 heavy (non-hydrogen) atoms. The average Bonchev–Trinajstić information content (AvgIpc) is 3.00. The Kier molecular flexibility index (Phi) is 5.20. The van der Waals surface area contributed by atoms with E-state index in [9.17, 15) is 4.21 Å². The summed E-state index contributed by atoms with van der Waals surface area (Å²) >= 11 is 1.66. The van der Waals surface area contributed by atoms with Crippen molar-refractivity contribution in [2.45, 2.75) is 24.1 Å². The van der Waals surface area contributed by atoms with Gasteiger partial charge in [0, 0.05) is 21.7 Å². The molecule has 0 fully saturated rings. The highest BCUT2D eigenvalue weighted by Gasteiger charge is 2.05. The maximum Gasteiger partial charge on any atom is 0.112 e. The van der Waals surface area contributed by atoms with E-state index in [1.54, 1.807) is 11.3 Å². The van der Waals surface area contributed by atoms with Crippen molar-refractivity contribution in [1.82, 2.24) is 4.98 Å². The minimum atomic E-state index is -1.02. The Hall–Kier alpha value is -1.98. The summed E-state index contributed by atoms with van der Waals surface area (Å²) in [5, 5.41) is 6.50. The van der Waals surface area contributed by atoms with Crippen molar-refractivity contribution in [1.29, 1.82) is 0 Å². The summed E-state index contributed by atoms with van der Waals surface area (Å²) in [5.41, 5.74) is 3.15. The maximum atomic E-state index is 12.4. The van der Waals surface area contributed by atoms with Crippen molar-refractivity contribution in [3.63, 3.8) is 0 Å². The van der Waals surface area contributed by atoms with E-state index in [4.69, 9.17) is 0 Å². The van der Waals surface area contributed by atoms with Gasteiger partial charge in [-0.1, -0.05) is 30.3 Å². The monoisotopic (exact) mass is 342 g/mol. The molecule has 3 nitrogen and oxygen atoms in total. The normalized spacial score (nSPS) is 12.0. The number of hydrogen-bond donors (Lipinski definition) is 1. The molecule has 0 amide bonds. The Morgan fingerprint density at radius 1 is 1.13 bits per heavy atom. The van der Waals surface area contributed by atoms with E-state index < -0.39 is 10.8 Å². The number of aromatic nitrogens is 1. The van der Waals surface area contributed by atoms with Crippen LogP contribution in [0.15, 0.2) is 64.9 Å². The minimum absolute atomic E-state index is 0.524. The quantitative estimate of drug-likeness (QED) is 0.723. The van der Waals surface area contributed by atoms with E-state index in [2.05, 4.69) is 21.7 Å². The molecular formula is C18H18N2OS2. The van der Waals surface area contributed by atoms with Crippen molar-refractivity contribution >= 4 is 27.8 Å². The lowest BCUT2D eigenvalue weighted by atomic mass is 10.2. The number of benzene rings is 2. The van der Waals surface area contributed by atoms with E-state index in [1.165, 1.54) is 0 Å². The standard InChI is InChI=1S/C18H18N2OS2/c1-14-12-22-18(20-14)11-19-16-7-5-6-15(10-16)13-23(21)17-8-3-2-4-9-17/h2-10,12,19H,11,13H2,1H3/t23-/m0/s1. The highest BCUT2D eigenvalue weighted by atomic mass is 32.2. The Balaban J connectivity index is 1.64. The predicted molar refractivity (Wildman–Crippen MR) is 97.2 cm³/mol. The van der Waals surface area contributed by atoms with Gasteiger partial charge in [0.05, 0.1) is 23.1 Å². The molecule has 1 aromatic heterocycles. The van der Waals surface area contributed by atoms with Gasteiger partial charge in [0.15, 0.2) is 0 Å². The van der Waals surface area contributed by atoms with Crippen LogP contribution in [0.25, 0.3) is 0 Å². The van der Waals surface area contributed by atoms with E-state index in [0.717, 1.165) is 26.8 Å². The van der Waals surface area contributed by atoms with Crippen LogP contribution in [0.2, 0.25) is 0 Å². The first-order valence-corrected chi connectivity index (χ1v) is 9.58. The second-order valence-electron chi connectivity index (χ2n) is 5.24. The molecular weight excluding hydrogens is 324 g/mol. The molecule has 5 heteroatoms. The Morgan fingerprint density at radius 3 is 2.70 bits per heavy atom. The Labute approximate surface area is 142 Å². The fourth-order valence-electron chi connectivity index (χ4n) is 2.24. The number of nitrogens with one attached hydrogen (secondary N) is 1. The lowest BCUT2D eigenvalue weighted by molar-refractivity contribution is 0.682. The lowest BCUT2D eigenvalue weighted by Gasteiger charge is -2.07. The first-order valence-electron chi connectivity index (χ1n) is 7.38. The third kappa shape index (κ3) is 4.50. The largest absolute Gasteiger partial charge is 0.379 e. The van der Waals surface area contributed by atoms with Crippen LogP contribution >= 0.6 is 11.3 Å². The number of thiazole rings is 1. The van der Waals surface area contributed by atoms with Gasteiger partial charge in [0.1, 0.15) is 5.01 Å². The topological polar surface area (TPSA) is 42.0 Å². The zero-order valence-corrected chi connectivity index (χ0v) is 14.5. The second-order valence-corrected chi connectivity index (χ2v) is 7.63. The van der Waals surface area contributed by atoms with Gasteiger partial charge in [-0.15, -0.1) is 11.3 Å². The van der Waals surface area contributed by atoms with Gasteiger partial charge in [0.2, 0.25) is 0 Å². The van der Waals surface area contributed by atoms with Crippen LogP contribution in [0.3, 0.4) is 0 Å². The number of hydrogen-bond acceptors (Lipinski definition) is 4. The summed E-state index contributed by atoms with van der Waals surface area (Å²) in [6, 6.07) is 17.7. The minimum Gasteiger partial charge on any atom is -0.379 e. The van der Waals surface area contributed by atoms with Gasteiger partial charge in [-0.3, -0.25) is 4.21 Å². The summed E-state index contributed by atoms with van der Waals surface area (Å²) in [7, 11) is -1.02. The van der Waals surface area contributed by atoms with Gasteiger partial charge >= 0.3 is 0 Å². The molecule has 1 N–H and O–H groups in total. The highest BCUT2D eigenvalue weighted by molar-refractivity contribution is 7.84. The number of anilines is 1. The van der Waals surface area contributed by atoms with Gasteiger partial charge < -0.3 is 5.32 Å². The van der Waals surface area contributed by atoms with Crippen LogP contribution in [0.1, 0.15) is 16.3 Å². The second kappa shape index (κ2) is 7.53. The molecule has 0 aliphatic heterocycles. The zero-order valence-electron chi connectivity index (χ0n) is 12.9. The molecule has 0 radical (unpaired) electrons. The molecule has 0 aliphatic rings. The fraction of sp³-hybridized carbons (Fsp3) is 0.167. The molecule has 0 spiro atoms. The van der Waals surface area contributed by atoms with E-state index >= 15 is 0 Å². The van der Waals surface area contributed by atoms with Crippen molar-refractivity contribution in [2.24, 2.45) is 0 Å². The number of rotatable bonds is 6. The molecule has 118 valence electrons. The van der Waals surface area contributed by atoms with E-state index in [-0.39, 0.29) is 0 Å². The summed E-state index contributed by atoms with van der Waals surface area (Å²) < 4.78 is 12.4. The summed E-state index contributed by atoms with van der Waals surface area (Å²) in [4.78, 5) is 5.31. The van der Waals surface area contributed by atoms with Crippen molar-refractivity contribution < 1.29 is 4.21 Å². The zero-order chi connectivity index (χ0) is 16.1. The van der Waals surface area contributed by atoms with Crippen LogP contribution in [-0.4, -0.2) is 9.19 Å². The molecule has 1 heterocycles. The van der Waals surface area contributed by atoms with Crippen molar-refractivity contribution in [3.8, 4) is 0 Å². The third-order valence-electron chi connectivity index (χ3n) is 3.34. The highest BCUT2D eigenvalue weighted by Crippen LogP contribution is 2.17. The number of aryl methyl sites for hydroxylation is 1. The smallest absolute Gasteiger partial charge is 0.112 e. The summed E-state index contributed by atoms with van der Waals surface area (Å²) in [6.07, 6.45) is 0. The molecule has 3 rings (SSSR count). The van der Waals surface area contributed by atoms with Crippen molar-refractivity contribution in [3.05, 3.63) is 76.2 Å². The molecule has 0 saturated carbocycles. The molecule has 3 aromatic rings. The SMILES string of the molecule is Cc1csc(CNc2cccc(C[S@](=O)c3ccccc3)c2)n1. The molecule has 1 atom stereocenters. The Morgan fingerprint density at radius 2 is 1.96 bits per heavy atom. The van der Waals surface area contributed by atoms with Crippen LogP contribution in [0.5, 0.6) is 0 Å². The fourth-order valence-corrected chi connectivity index (χ4v) is 4.06. The van der Waals surface area contributed by atoms with Gasteiger partial charge in [-0.2, -0.15) is 0 Å². The maximum absolute atomic E-state index is 12.4. The van der Waals surface area contributed by atoms with Crippen LogP contribution in [0.4, 0.5) is 5.69 Å². The van der Waals surface area contributed by atoms with Crippen LogP contribution in [0, 0.1) is 6.92 Å². The molecule has 2 aromatic carbocycles. The predicted octanol–water partition coefficient (Wildman–Crippen LogP) is 4.37. The summed E-state index contributed by atoms with van der Waals surface area (Å²) in [6.45, 7) is 2.71. The van der Waals surface area contributed by atoms with Crippen LogP contribution in [-0.2, 0) is 23.1 Å². The van der Waals surface area contributed by atoms with E-state index in [0.29, 0.717) is 12.3 Å². The van der Waals surface area contributed by atoms with Gasteiger partial charge in [0.25, 0.3) is 0 Å².